The van der Waals surface area contributed by atoms with Gasteiger partial charge in [0.15, 0.2) is 0 Å². The number of unbranched alkanes of at least 4 members (excludes halogenated alkanes) is 1. The van der Waals surface area contributed by atoms with Gasteiger partial charge in [-0.3, -0.25) is 0 Å². The van der Waals surface area contributed by atoms with Crippen LogP contribution in [0.2, 0.25) is 0 Å². The van der Waals surface area contributed by atoms with Crippen molar-refractivity contribution in [3.05, 3.63) is 66.2 Å². The molecule has 0 aliphatic heterocycles. The van der Waals surface area contributed by atoms with Crippen molar-refractivity contribution >= 4 is 5.69 Å². The summed E-state index contributed by atoms with van der Waals surface area (Å²) in [5.41, 5.74) is 2.58. The molecule has 0 spiro atoms. The second-order valence-corrected chi connectivity index (χ2v) is 5.31. The highest BCUT2D eigenvalue weighted by atomic mass is 14.9. The minimum absolute atomic E-state index is 1.00. The van der Waals surface area contributed by atoms with Crippen molar-refractivity contribution in [2.24, 2.45) is 0 Å². The molecule has 0 aromatic heterocycles. The fourth-order valence-corrected chi connectivity index (χ4v) is 1.96. The molecule has 0 aliphatic rings. The molecule has 0 radical (unpaired) electrons. The number of anilines is 1. The van der Waals surface area contributed by atoms with Crippen LogP contribution in [0.15, 0.2) is 60.7 Å². The van der Waals surface area contributed by atoms with E-state index in [9.17, 15) is 0 Å². The smallest absolute Gasteiger partial charge is 0.0340 e. The zero-order valence-electron chi connectivity index (χ0n) is 14.0. The zero-order valence-corrected chi connectivity index (χ0v) is 14.0. The molecule has 2 nitrogen and oxygen atoms in total. The summed E-state index contributed by atoms with van der Waals surface area (Å²) in [6.45, 7) is 7.57. The highest BCUT2D eigenvalue weighted by molar-refractivity contribution is 5.42. The quantitative estimate of drug-likeness (QED) is 0.664. The molecule has 0 bridgehead atoms. The van der Waals surface area contributed by atoms with Gasteiger partial charge in [0, 0.05) is 18.8 Å². The molecule has 0 amide bonds. The lowest BCUT2D eigenvalue weighted by atomic mass is 10.2. The van der Waals surface area contributed by atoms with Crippen LogP contribution in [0.25, 0.3) is 0 Å². The minimum Gasteiger partial charge on any atom is -0.385 e. The third-order valence-electron chi connectivity index (χ3n) is 3.23. The maximum absolute atomic E-state index is 3.40. The van der Waals surface area contributed by atoms with Crippen molar-refractivity contribution in [3.63, 3.8) is 0 Å². The van der Waals surface area contributed by atoms with Crippen molar-refractivity contribution in [2.45, 2.75) is 39.7 Å². The Bertz CT molecular complexity index is 454. The third kappa shape index (κ3) is 9.19. The van der Waals surface area contributed by atoms with E-state index in [4.69, 9.17) is 0 Å². The average Bonchev–Trinajstić information content (AvgIpc) is 2.59. The number of hydrogen-bond acceptors (Lipinski definition) is 2. The fourth-order valence-electron chi connectivity index (χ4n) is 1.96. The second kappa shape index (κ2) is 12.9. The van der Waals surface area contributed by atoms with Gasteiger partial charge in [-0.25, -0.2) is 0 Å². The molecule has 0 aliphatic carbocycles. The van der Waals surface area contributed by atoms with Crippen LogP contribution in [-0.2, 0) is 6.54 Å². The lowest BCUT2D eigenvalue weighted by Crippen LogP contribution is -2.14. The Kier molecular flexibility index (Phi) is 10.7. The van der Waals surface area contributed by atoms with Crippen LogP contribution in [0, 0.1) is 0 Å². The third-order valence-corrected chi connectivity index (χ3v) is 3.23. The first kappa shape index (κ1) is 18.2. The largest absolute Gasteiger partial charge is 0.385 e. The van der Waals surface area contributed by atoms with Crippen LogP contribution in [0.5, 0.6) is 0 Å². The second-order valence-electron chi connectivity index (χ2n) is 5.31. The van der Waals surface area contributed by atoms with Crippen molar-refractivity contribution < 1.29 is 0 Å². The molecule has 0 atom stereocenters. The van der Waals surface area contributed by atoms with E-state index < -0.39 is 0 Å². The molecule has 2 aromatic rings. The molecular formula is C20H30N2. The van der Waals surface area contributed by atoms with E-state index in [1.54, 1.807) is 0 Å². The molecule has 0 unspecified atom stereocenters. The predicted molar refractivity (Wildman–Crippen MR) is 98.3 cm³/mol. The number of para-hydroxylation sites is 1. The maximum Gasteiger partial charge on any atom is 0.0340 e. The highest BCUT2D eigenvalue weighted by Gasteiger charge is 1.88. The Balaban J connectivity index is 0.000000224. The van der Waals surface area contributed by atoms with Gasteiger partial charge in [0.25, 0.3) is 0 Å². The van der Waals surface area contributed by atoms with Gasteiger partial charge >= 0.3 is 0 Å². The molecule has 2 N–H and O–H groups in total. The van der Waals surface area contributed by atoms with Crippen LogP contribution < -0.4 is 10.6 Å². The lowest BCUT2D eigenvalue weighted by molar-refractivity contribution is 0.641. The molecule has 0 saturated carbocycles. The van der Waals surface area contributed by atoms with E-state index in [2.05, 4.69) is 66.9 Å². The standard InChI is InChI=1S/C11H17N.C9H13N/c1-2-3-9-12-10-11-7-5-4-6-8-11;1-2-8-10-9-6-4-3-5-7-9/h4-8,12H,2-3,9-10H2,1H3;3-7,10H,2,8H2,1H3. The van der Waals surface area contributed by atoms with E-state index in [0.29, 0.717) is 0 Å². The monoisotopic (exact) mass is 298 g/mol. The number of nitrogens with one attached hydrogen (secondary N) is 2. The Morgan fingerprint density at radius 2 is 1.36 bits per heavy atom. The van der Waals surface area contributed by atoms with Gasteiger partial charge in [0.05, 0.1) is 0 Å². The molecular weight excluding hydrogens is 268 g/mol. The predicted octanol–water partition coefficient (Wildman–Crippen LogP) is 5.08. The molecule has 0 saturated heterocycles. The van der Waals surface area contributed by atoms with E-state index in [-0.39, 0.29) is 0 Å². The summed E-state index contributed by atoms with van der Waals surface area (Å²) in [4.78, 5) is 0. The summed E-state index contributed by atoms with van der Waals surface area (Å²) in [7, 11) is 0. The normalized spacial score (nSPS) is 9.73. The molecule has 2 heteroatoms. The maximum atomic E-state index is 3.40. The minimum atomic E-state index is 1.00. The van der Waals surface area contributed by atoms with Crippen LogP contribution in [0.4, 0.5) is 5.69 Å². The van der Waals surface area contributed by atoms with E-state index in [0.717, 1.165) is 19.6 Å². The van der Waals surface area contributed by atoms with E-state index in [1.807, 2.05) is 18.2 Å². The molecule has 2 aromatic carbocycles. The summed E-state index contributed by atoms with van der Waals surface area (Å²) >= 11 is 0. The van der Waals surface area contributed by atoms with Crippen molar-refractivity contribution in [1.82, 2.24) is 5.32 Å². The molecule has 120 valence electrons. The summed E-state index contributed by atoms with van der Waals surface area (Å²) in [5.74, 6) is 0. The van der Waals surface area contributed by atoms with Crippen molar-refractivity contribution in [3.8, 4) is 0 Å². The van der Waals surface area contributed by atoms with Crippen LogP contribution in [-0.4, -0.2) is 13.1 Å². The molecule has 22 heavy (non-hydrogen) atoms. The fraction of sp³-hybridized carbons (Fsp3) is 0.400. The summed E-state index contributed by atoms with van der Waals surface area (Å²) in [5, 5.41) is 6.70. The molecule has 0 heterocycles. The first-order valence-corrected chi connectivity index (χ1v) is 8.40. The van der Waals surface area contributed by atoms with Gasteiger partial charge < -0.3 is 10.6 Å². The molecule has 0 fully saturated rings. The SMILES string of the molecule is CCCCNCc1ccccc1.CCCNc1ccccc1. The Hall–Kier alpha value is -1.80. The van der Waals surface area contributed by atoms with Gasteiger partial charge in [0.1, 0.15) is 0 Å². The summed E-state index contributed by atoms with van der Waals surface area (Å²) in [6.07, 6.45) is 3.71. The van der Waals surface area contributed by atoms with E-state index >= 15 is 0 Å². The van der Waals surface area contributed by atoms with E-state index in [1.165, 1.54) is 30.5 Å². The van der Waals surface area contributed by atoms with Gasteiger partial charge in [-0.05, 0) is 37.1 Å². The molecule has 2 rings (SSSR count). The highest BCUT2D eigenvalue weighted by Crippen LogP contribution is 2.03. The average molecular weight is 298 g/mol. The number of benzene rings is 2. The van der Waals surface area contributed by atoms with Crippen LogP contribution in [0.3, 0.4) is 0 Å². The van der Waals surface area contributed by atoms with Gasteiger partial charge in [-0.1, -0.05) is 68.8 Å². The van der Waals surface area contributed by atoms with Crippen LogP contribution in [0.1, 0.15) is 38.7 Å². The summed E-state index contributed by atoms with van der Waals surface area (Å²) < 4.78 is 0. The van der Waals surface area contributed by atoms with Gasteiger partial charge in [-0.2, -0.15) is 0 Å². The zero-order chi connectivity index (χ0) is 15.9. The van der Waals surface area contributed by atoms with Crippen LogP contribution >= 0.6 is 0 Å². The summed E-state index contributed by atoms with van der Waals surface area (Å²) in [6, 6.07) is 20.8. The lowest BCUT2D eigenvalue weighted by Gasteiger charge is -2.02. The van der Waals surface area contributed by atoms with Crippen molar-refractivity contribution in [2.75, 3.05) is 18.4 Å². The topological polar surface area (TPSA) is 24.1 Å². The number of rotatable bonds is 8. The van der Waals surface area contributed by atoms with Gasteiger partial charge in [-0.15, -0.1) is 0 Å². The Labute approximate surface area is 136 Å². The first-order chi connectivity index (χ1) is 10.9. The Morgan fingerprint density at radius 3 is 1.95 bits per heavy atom. The Morgan fingerprint density at radius 1 is 0.727 bits per heavy atom. The first-order valence-electron chi connectivity index (χ1n) is 8.40. The van der Waals surface area contributed by atoms with Gasteiger partial charge in [0.2, 0.25) is 0 Å². The number of hydrogen-bond donors (Lipinski definition) is 2. The van der Waals surface area contributed by atoms with Crippen molar-refractivity contribution in [1.29, 1.82) is 0 Å².